The normalized spacial score (nSPS) is 10.9. The van der Waals surface area contributed by atoms with Crippen molar-refractivity contribution in [1.82, 2.24) is 19.7 Å². The molecule has 0 aliphatic heterocycles. The van der Waals surface area contributed by atoms with Gasteiger partial charge in [-0.1, -0.05) is 12.1 Å². The third-order valence-electron chi connectivity index (χ3n) is 4.26. The van der Waals surface area contributed by atoms with Gasteiger partial charge in [-0.3, -0.25) is 9.67 Å². The van der Waals surface area contributed by atoms with Crippen molar-refractivity contribution in [3.63, 3.8) is 0 Å². The van der Waals surface area contributed by atoms with E-state index in [1.54, 1.807) is 23.1 Å². The maximum absolute atomic E-state index is 7.44. The summed E-state index contributed by atoms with van der Waals surface area (Å²) in [6.07, 6.45) is 5.36. The number of rotatable bonds is 5. The van der Waals surface area contributed by atoms with E-state index in [4.69, 9.17) is 11.3 Å². The van der Waals surface area contributed by atoms with Crippen LogP contribution in [0.4, 0.5) is 17.2 Å². The lowest BCUT2D eigenvalue weighted by atomic mass is 10.1. The largest absolute Gasteiger partial charge is 0.397 e. The number of fused-ring (bicyclic) bond motifs is 1. The second-order valence-electron chi connectivity index (χ2n) is 6.19. The number of hydrogen-bond acceptors (Lipinski definition) is 7. The molecule has 4 rings (SSSR count). The molecule has 4 aromatic rings. The first kappa shape index (κ1) is 16.6. The van der Waals surface area contributed by atoms with E-state index in [9.17, 15) is 0 Å². The van der Waals surface area contributed by atoms with Crippen molar-refractivity contribution in [2.24, 2.45) is 12.2 Å². The van der Waals surface area contributed by atoms with Crippen molar-refractivity contribution < 1.29 is 0 Å². The molecule has 0 atom stereocenters. The first-order chi connectivity index (χ1) is 13.1. The summed E-state index contributed by atoms with van der Waals surface area (Å²) in [5.41, 5.74) is 17.8. The summed E-state index contributed by atoms with van der Waals surface area (Å²) in [5.74, 6) is 0.468. The number of benzene rings is 1. The van der Waals surface area contributed by atoms with Crippen LogP contribution in [-0.4, -0.2) is 19.7 Å². The van der Waals surface area contributed by atoms with Gasteiger partial charge in [-0.05, 0) is 29.8 Å². The highest BCUT2D eigenvalue weighted by molar-refractivity contribution is 5.81. The quantitative estimate of drug-likeness (QED) is 0.468. The van der Waals surface area contributed by atoms with Gasteiger partial charge in [0, 0.05) is 36.9 Å². The third-order valence-corrected chi connectivity index (χ3v) is 4.26. The standard InChI is InChI=1S/C19H18N8/c1-27-11-14(10-24-27)17-8-15(20)18(26-21)19(25-17)23-9-12-4-5-16-13(7-12)3-2-6-22-16/h2-8,10-11,21H,9H2,1H3,(H3,20,23,25). The van der Waals surface area contributed by atoms with Crippen molar-refractivity contribution in [2.45, 2.75) is 6.54 Å². The number of aryl methyl sites for hydroxylation is 1. The Kier molecular flexibility index (Phi) is 4.21. The molecule has 0 radical (unpaired) electrons. The van der Waals surface area contributed by atoms with Gasteiger partial charge in [-0.2, -0.15) is 10.2 Å². The summed E-state index contributed by atoms with van der Waals surface area (Å²) in [5, 5.41) is 12.0. The van der Waals surface area contributed by atoms with Gasteiger partial charge < -0.3 is 11.1 Å². The Hall–Kier alpha value is -3.81. The monoisotopic (exact) mass is 358 g/mol. The van der Waals surface area contributed by atoms with Crippen LogP contribution in [0, 0.1) is 5.53 Å². The highest BCUT2D eigenvalue weighted by atomic mass is 15.2. The molecule has 8 heteroatoms. The van der Waals surface area contributed by atoms with Gasteiger partial charge in [-0.15, -0.1) is 0 Å². The Balaban J connectivity index is 1.65. The summed E-state index contributed by atoms with van der Waals surface area (Å²) >= 11 is 0. The van der Waals surface area contributed by atoms with E-state index in [-0.39, 0.29) is 0 Å². The first-order valence-corrected chi connectivity index (χ1v) is 8.38. The Bertz CT molecular complexity index is 1130. The molecule has 4 N–H and O–H groups in total. The lowest BCUT2D eigenvalue weighted by Crippen LogP contribution is -2.04. The van der Waals surface area contributed by atoms with E-state index < -0.39 is 0 Å². The highest BCUT2D eigenvalue weighted by Crippen LogP contribution is 2.34. The molecule has 0 aliphatic carbocycles. The fourth-order valence-corrected chi connectivity index (χ4v) is 2.92. The number of nitrogen functional groups attached to an aromatic ring is 1. The SMILES string of the molecule is Cn1cc(-c2cc(N)c(N=N)c(NCc3ccc4ncccc4c3)n2)cn1. The van der Waals surface area contributed by atoms with Crippen LogP contribution in [-0.2, 0) is 13.6 Å². The Labute approximate surface area is 155 Å². The third kappa shape index (κ3) is 3.32. The molecule has 0 fully saturated rings. The van der Waals surface area contributed by atoms with Gasteiger partial charge >= 0.3 is 0 Å². The number of nitrogens with zero attached hydrogens (tertiary/aromatic N) is 5. The van der Waals surface area contributed by atoms with Gasteiger partial charge in [0.15, 0.2) is 11.5 Å². The van der Waals surface area contributed by atoms with Crippen LogP contribution in [0.1, 0.15) is 5.56 Å². The summed E-state index contributed by atoms with van der Waals surface area (Å²) < 4.78 is 1.70. The van der Waals surface area contributed by atoms with Crippen LogP contribution in [0.15, 0.2) is 60.1 Å². The van der Waals surface area contributed by atoms with E-state index in [0.717, 1.165) is 22.0 Å². The minimum absolute atomic E-state index is 0.324. The average Bonchev–Trinajstić information content (AvgIpc) is 3.12. The van der Waals surface area contributed by atoms with Crippen molar-refractivity contribution in [3.8, 4) is 11.3 Å². The predicted molar refractivity (Wildman–Crippen MR) is 105 cm³/mol. The zero-order valence-electron chi connectivity index (χ0n) is 14.7. The van der Waals surface area contributed by atoms with E-state index >= 15 is 0 Å². The lowest BCUT2D eigenvalue weighted by molar-refractivity contribution is 0.768. The molecule has 1 aromatic carbocycles. The maximum Gasteiger partial charge on any atom is 0.156 e. The zero-order chi connectivity index (χ0) is 18.8. The Morgan fingerprint density at radius 2 is 2.15 bits per heavy atom. The van der Waals surface area contributed by atoms with Crippen molar-refractivity contribution >= 4 is 28.1 Å². The van der Waals surface area contributed by atoms with Crippen molar-refractivity contribution in [1.29, 1.82) is 5.53 Å². The second kappa shape index (κ2) is 6.83. The molecule has 3 heterocycles. The number of nitrogens with two attached hydrogens (primary N) is 1. The number of pyridine rings is 2. The van der Waals surface area contributed by atoms with Gasteiger partial charge in [0.25, 0.3) is 0 Å². The molecule has 0 amide bonds. The number of anilines is 2. The molecule has 0 aliphatic rings. The van der Waals surface area contributed by atoms with Gasteiger partial charge in [-0.25, -0.2) is 10.5 Å². The molecule has 0 unspecified atom stereocenters. The topological polar surface area (TPSA) is 118 Å². The fraction of sp³-hybridized carbons (Fsp3) is 0.105. The van der Waals surface area contributed by atoms with E-state index in [0.29, 0.717) is 29.4 Å². The second-order valence-corrected chi connectivity index (χ2v) is 6.19. The summed E-state index contributed by atoms with van der Waals surface area (Å²) in [7, 11) is 1.84. The fourth-order valence-electron chi connectivity index (χ4n) is 2.92. The molecule has 3 aromatic heterocycles. The molecule has 0 saturated heterocycles. The van der Waals surface area contributed by atoms with Crippen LogP contribution in [0.2, 0.25) is 0 Å². The van der Waals surface area contributed by atoms with E-state index in [1.165, 1.54) is 0 Å². The van der Waals surface area contributed by atoms with E-state index in [1.807, 2.05) is 37.5 Å². The maximum atomic E-state index is 7.44. The lowest BCUT2D eigenvalue weighted by Gasteiger charge is -2.12. The molecule has 8 nitrogen and oxygen atoms in total. The van der Waals surface area contributed by atoms with Crippen LogP contribution in [0.5, 0.6) is 0 Å². The minimum Gasteiger partial charge on any atom is -0.397 e. The van der Waals surface area contributed by atoms with E-state index in [2.05, 4.69) is 31.6 Å². The first-order valence-electron chi connectivity index (χ1n) is 8.38. The summed E-state index contributed by atoms with van der Waals surface area (Å²) in [4.78, 5) is 8.92. The number of aromatic nitrogens is 4. The molecular weight excluding hydrogens is 340 g/mol. The molecule has 0 spiro atoms. The molecule has 27 heavy (non-hydrogen) atoms. The molecule has 0 saturated carbocycles. The molecular formula is C19H18N8. The summed E-state index contributed by atoms with van der Waals surface area (Å²) in [6, 6.07) is 11.7. The average molecular weight is 358 g/mol. The smallest absolute Gasteiger partial charge is 0.156 e. The van der Waals surface area contributed by atoms with Crippen molar-refractivity contribution in [2.75, 3.05) is 11.1 Å². The predicted octanol–water partition coefficient (Wildman–Crippen LogP) is 3.89. The van der Waals surface area contributed by atoms with Crippen LogP contribution >= 0.6 is 0 Å². The molecule has 134 valence electrons. The van der Waals surface area contributed by atoms with Gasteiger partial charge in [0.05, 0.1) is 23.1 Å². The molecule has 0 bridgehead atoms. The number of nitrogens with one attached hydrogen (secondary N) is 2. The zero-order valence-corrected chi connectivity index (χ0v) is 14.7. The van der Waals surface area contributed by atoms with Crippen LogP contribution in [0.25, 0.3) is 22.2 Å². The summed E-state index contributed by atoms with van der Waals surface area (Å²) in [6.45, 7) is 0.524. The van der Waals surface area contributed by atoms with Crippen LogP contribution < -0.4 is 11.1 Å². The number of hydrogen-bond donors (Lipinski definition) is 3. The van der Waals surface area contributed by atoms with Crippen LogP contribution in [0.3, 0.4) is 0 Å². The van der Waals surface area contributed by atoms with Gasteiger partial charge in [0.2, 0.25) is 0 Å². The van der Waals surface area contributed by atoms with Crippen molar-refractivity contribution in [3.05, 3.63) is 60.6 Å². The van der Waals surface area contributed by atoms with Gasteiger partial charge in [0.1, 0.15) is 0 Å². The Morgan fingerprint density at radius 1 is 1.26 bits per heavy atom. The highest BCUT2D eigenvalue weighted by Gasteiger charge is 2.13. The minimum atomic E-state index is 0.324. The Morgan fingerprint density at radius 3 is 2.93 bits per heavy atom.